The summed E-state index contributed by atoms with van der Waals surface area (Å²) in [6.07, 6.45) is 0. The molecule has 0 unspecified atom stereocenters. The van der Waals surface area contributed by atoms with Gasteiger partial charge in [0.15, 0.2) is 5.11 Å². The Labute approximate surface area is 218 Å². The fourth-order valence-corrected chi connectivity index (χ4v) is 4.05. The number of thiocarbonyl (C=S) groups is 1. The number of carbonyl (C=O) groups is 2. The van der Waals surface area contributed by atoms with Crippen molar-refractivity contribution in [3.63, 3.8) is 0 Å². The fourth-order valence-electron chi connectivity index (χ4n) is 3.11. The van der Waals surface area contributed by atoms with E-state index in [9.17, 15) is 9.59 Å². The molecule has 176 valence electrons. The van der Waals surface area contributed by atoms with Crippen molar-refractivity contribution in [3.05, 3.63) is 87.0 Å². The zero-order valence-corrected chi connectivity index (χ0v) is 22.3. The zero-order valence-electron chi connectivity index (χ0n) is 19.4. The van der Waals surface area contributed by atoms with Crippen LogP contribution in [0, 0.1) is 3.57 Å². The molecule has 0 fully saturated rings. The second kappa shape index (κ2) is 11.0. The van der Waals surface area contributed by atoms with Gasteiger partial charge < -0.3 is 15.4 Å². The van der Waals surface area contributed by atoms with Gasteiger partial charge in [0, 0.05) is 22.5 Å². The van der Waals surface area contributed by atoms with E-state index in [0.29, 0.717) is 28.3 Å². The second-order valence-electron chi connectivity index (χ2n) is 8.62. The van der Waals surface area contributed by atoms with Gasteiger partial charge in [0.05, 0.1) is 10.7 Å². The molecular weight excluding hydrogens is 561 g/mol. The minimum absolute atomic E-state index is 0.0329. The molecule has 3 aromatic rings. The van der Waals surface area contributed by atoms with Gasteiger partial charge in [0.1, 0.15) is 5.75 Å². The van der Waals surface area contributed by atoms with Crippen LogP contribution in [0.1, 0.15) is 47.1 Å². The summed E-state index contributed by atoms with van der Waals surface area (Å²) < 4.78 is 6.04. The molecule has 34 heavy (non-hydrogen) atoms. The van der Waals surface area contributed by atoms with Crippen LogP contribution >= 0.6 is 34.8 Å². The maximum atomic E-state index is 12.6. The number of nitrogens with one attached hydrogen (secondary N) is 3. The van der Waals surface area contributed by atoms with Crippen LogP contribution in [0.4, 0.5) is 11.4 Å². The molecule has 2 amide bonds. The summed E-state index contributed by atoms with van der Waals surface area (Å²) in [5, 5.41) is 8.69. The summed E-state index contributed by atoms with van der Waals surface area (Å²) in [4.78, 5) is 25.0. The van der Waals surface area contributed by atoms with Gasteiger partial charge in [-0.3, -0.25) is 14.9 Å². The molecule has 0 radical (unpaired) electrons. The van der Waals surface area contributed by atoms with Crippen LogP contribution in [-0.4, -0.2) is 24.0 Å². The van der Waals surface area contributed by atoms with E-state index in [0.717, 1.165) is 3.57 Å². The molecule has 3 rings (SSSR count). The molecule has 0 aromatic heterocycles. The van der Waals surface area contributed by atoms with Crippen LogP contribution in [0.3, 0.4) is 0 Å². The van der Waals surface area contributed by atoms with Gasteiger partial charge >= 0.3 is 0 Å². The highest BCUT2D eigenvalue weighted by Gasteiger charge is 2.15. The van der Waals surface area contributed by atoms with Crippen LogP contribution in [0.2, 0.25) is 0 Å². The van der Waals surface area contributed by atoms with Crippen LogP contribution in [0.25, 0.3) is 0 Å². The van der Waals surface area contributed by atoms with E-state index in [1.165, 1.54) is 5.56 Å². The largest absolute Gasteiger partial charge is 0.496 e. The number of benzene rings is 3. The lowest BCUT2D eigenvalue weighted by Crippen LogP contribution is -2.34. The molecule has 8 heteroatoms. The van der Waals surface area contributed by atoms with Crippen LogP contribution in [0.15, 0.2) is 66.7 Å². The highest BCUT2D eigenvalue weighted by Crippen LogP contribution is 2.23. The van der Waals surface area contributed by atoms with Crippen molar-refractivity contribution in [3.8, 4) is 5.75 Å². The van der Waals surface area contributed by atoms with E-state index in [2.05, 4.69) is 59.3 Å². The highest BCUT2D eigenvalue weighted by molar-refractivity contribution is 14.1. The van der Waals surface area contributed by atoms with Gasteiger partial charge in [-0.15, -0.1) is 0 Å². The van der Waals surface area contributed by atoms with Gasteiger partial charge in [-0.05, 0) is 100 Å². The monoisotopic (exact) mass is 587 g/mol. The standard InChI is InChI=1S/C26H26IN3O3S/c1-26(2,3)18-8-5-16(6-9-18)23(31)28-19-10-12-20(13-11-19)29-25(34)30-24(32)17-7-14-22(33-4)21(27)15-17/h5-15H,1-4H3,(H,28,31)(H2,29,30,32,34). The van der Waals surface area contributed by atoms with Crippen LogP contribution in [0.5, 0.6) is 5.75 Å². The van der Waals surface area contributed by atoms with Gasteiger partial charge in [-0.2, -0.15) is 0 Å². The number of rotatable bonds is 5. The number of hydrogen-bond acceptors (Lipinski definition) is 4. The number of hydrogen-bond donors (Lipinski definition) is 3. The first kappa shape index (κ1) is 25.6. The fraction of sp³-hybridized carbons (Fsp3) is 0.192. The Morgan fingerprint density at radius 1 is 0.824 bits per heavy atom. The van der Waals surface area contributed by atoms with Crippen LogP contribution < -0.4 is 20.7 Å². The highest BCUT2D eigenvalue weighted by atomic mass is 127. The maximum absolute atomic E-state index is 12.6. The number of amides is 2. The maximum Gasteiger partial charge on any atom is 0.257 e. The molecule has 3 N–H and O–H groups in total. The zero-order chi connectivity index (χ0) is 24.9. The SMILES string of the molecule is COc1ccc(C(=O)NC(=S)Nc2ccc(NC(=O)c3ccc(C(C)(C)C)cc3)cc2)cc1I. The minimum Gasteiger partial charge on any atom is -0.496 e. The Morgan fingerprint density at radius 3 is 1.91 bits per heavy atom. The Hall–Kier alpha value is -2.98. The van der Waals surface area contributed by atoms with Gasteiger partial charge in [0.25, 0.3) is 11.8 Å². The van der Waals surface area contributed by atoms with Crippen molar-refractivity contribution in [2.24, 2.45) is 0 Å². The Bertz CT molecular complexity index is 1200. The van der Waals surface area contributed by atoms with E-state index < -0.39 is 0 Å². The molecule has 0 aliphatic heterocycles. The van der Waals surface area contributed by atoms with Crippen molar-refractivity contribution >= 4 is 63.1 Å². The number of ether oxygens (including phenoxy) is 1. The molecule has 0 atom stereocenters. The van der Waals surface area contributed by atoms with Crippen molar-refractivity contribution in [2.75, 3.05) is 17.7 Å². The average molecular weight is 587 g/mol. The molecule has 0 aliphatic carbocycles. The third-order valence-corrected chi connectivity index (χ3v) is 6.10. The van der Waals surface area contributed by atoms with E-state index >= 15 is 0 Å². The Balaban J connectivity index is 1.56. The summed E-state index contributed by atoms with van der Waals surface area (Å²) in [7, 11) is 1.58. The lowest BCUT2D eigenvalue weighted by Gasteiger charge is -2.19. The number of methoxy groups -OCH3 is 1. The lowest BCUT2D eigenvalue weighted by atomic mass is 9.87. The summed E-state index contributed by atoms with van der Waals surface area (Å²) >= 11 is 7.36. The molecule has 3 aromatic carbocycles. The molecule has 0 spiro atoms. The van der Waals surface area contributed by atoms with E-state index in [1.54, 1.807) is 49.6 Å². The first-order chi connectivity index (χ1) is 16.1. The smallest absolute Gasteiger partial charge is 0.257 e. The first-order valence-corrected chi connectivity index (χ1v) is 12.0. The third kappa shape index (κ3) is 6.77. The molecule has 0 aliphatic rings. The van der Waals surface area contributed by atoms with Crippen LogP contribution in [-0.2, 0) is 5.41 Å². The second-order valence-corrected chi connectivity index (χ2v) is 10.2. The normalized spacial score (nSPS) is 10.9. The predicted octanol–water partition coefficient (Wildman–Crippen LogP) is 5.98. The average Bonchev–Trinajstić information content (AvgIpc) is 2.79. The van der Waals surface area contributed by atoms with Crippen molar-refractivity contribution in [1.82, 2.24) is 5.32 Å². The molecule has 6 nitrogen and oxygen atoms in total. The molecule has 0 saturated heterocycles. The predicted molar refractivity (Wildman–Crippen MR) is 149 cm³/mol. The molecule has 0 saturated carbocycles. The molecule has 0 bridgehead atoms. The summed E-state index contributed by atoms with van der Waals surface area (Å²) in [5.41, 5.74) is 3.60. The van der Waals surface area contributed by atoms with Gasteiger partial charge in [-0.1, -0.05) is 32.9 Å². The molecular formula is C26H26IN3O3S. The van der Waals surface area contributed by atoms with Gasteiger partial charge in [0.2, 0.25) is 0 Å². The number of carbonyl (C=O) groups excluding carboxylic acids is 2. The quantitative estimate of drug-likeness (QED) is 0.253. The Morgan fingerprint density at radius 2 is 1.38 bits per heavy atom. The third-order valence-electron chi connectivity index (χ3n) is 5.05. The first-order valence-electron chi connectivity index (χ1n) is 10.5. The lowest BCUT2D eigenvalue weighted by molar-refractivity contribution is 0.0976. The summed E-state index contributed by atoms with van der Waals surface area (Å²) in [5.74, 6) is 0.199. The summed E-state index contributed by atoms with van der Waals surface area (Å²) in [6, 6.07) is 19.8. The van der Waals surface area contributed by atoms with E-state index in [-0.39, 0.29) is 22.3 Å². The number of halogens is 1. The minimum atomic E-state index is -0.320. The Kier molecular flexibility index (Phi) is 8.27. The van der Waals surface area contributed by atoms with Gasteiger partial charge in [-0.25, -0.2) is 0 Å². The number of anilines is 2. The summed E-state index contributed by atoms with van der Waals surface area (Å²) in [6.45, 7) is 6.40. The van der Waals surface area contributed by atoms with Crippen molar-refractivity contribution in [1.29, 1.82) is 0 Å². The van der Waals surface area contributed by atoms with Crippen molar-refractivity contribution in [2.45, 2.75) is 26.2 Å². The topological polar surface area (TPSA) is 79.5 Å². The van der Waals surface area contributed by atoms with E-state index in [4.69, 9.17) is 17.0 Å². The molecule has 0 heterocycles. The van der Waals surface area contributed by atoms with Crippen molar-refractivity contribution < 1.29 is 14.3 Å². The van der Waals surface area contributed by atoms with E-state index in [1.807, 2.05) is 24.3 Å².